The van der Waals surface area contributed by atoms with E-state index in [4.69, 9.17) is 4.74 Å². The first-order valence-electron chi connectivity index (χ1n) is 6.10. The van der Waals surface area contributed by atoms with Gasteiger partial charge in [-0.05, 0) is 34.1 Å². The third-order valence-corrected chi connectivity index (χ3v) is 2.10. The molecule has 0 heterocycles. The van der Waals surface area contributed by atoms with Crippen molar-refractivity contribution in [3.05, 3.63) is 24.3 Å². The quantitative estimate of drug-likeness (QED) is 0.442. The minimum Gasteiger partial charge on any atom is -0.459 e. The van der Waals surface area contributed by atoms with E-state index in [1.807, 2.05) is 0 Å². The average molecular weight is 292 g/mol. The van der Waals surface area contributed by atoms with Crippen LogP contribution in [0.5, 0.6) is 0 Å². The third kappa shape index (κ3) is 7.11. The Hall–Kier alpha value is -1.59. The number of allylic oxidation sites excluding steroid dienone is 4. The maximum absolute atomic E-state index is 12.5. The Morgan fingerprint density at radius 1 is 1.15 bits per heavy atom. The number of rotatable bonds is 5. The highest BCUT2D eigenvalue weighted by Gasteiger charge is 2.46. The van der Waals surface area contributed by atoms with E-state index in [9.17, 15) is 22.8 Å². The fourth-order valence-electron chi connectivity index (χ4n) is 1.29. The van der Waals surface area contributed by atoms with Gasteiger partial charge in [0.25, 0.3) is 5.78 Å². The number of halogens is 3. The lowest BCUT2D eigenvalue weighted by atomic mass is 9.99. The highest BCUT2D eigenvalue weighted by Crippen LogP contribution is 2.25. The molecule has 0 aliphatic carbocycles. The molecule has 3 nitrogen and oxygen atoms in total. The molecule has 0 aromatic heterocycles. The van der Waals surface area contributed by atoms with Gasteiger partial charge in [-0.25, -0.2) is 0 Å². The van der Waals surface area contributed by atoms with Crippen LogP contribution in [0.2, 0.25) is 0 Å². The summed E-state index contributed by atoms with van der Waals surface area (Å²) < 4.78 is 42.3. The number of hydrogen-bond acceptors (Lipinski definition) is 3. The fraction of sp³-hybridized carbons (Fsp3) is 0.571. The van der Waals surface area contributed by atoms with Crippen LogP contribution in [0.15, 0.2) is 24.3 Å². The SMILES string of the molecule is C/C=C/C=C/C[C@@H](C(=O)OC(C)(C)C)C(=O)C(F)(F)F. The van der Waals surface area contributed by atoms with E-state index in [0.717, 1.165) is 0 Å². The van der Waals surface area contributed by atoms with Crippen molar-refractivity contribution >= 4 is 11.8 Å². The van der Waals surface area contributed by atoms with Gasteiger partial charge in [-0.3, -0.25) is 9.59 Å². The number of ether oxygens (including phenoxy) is 1. The smallest absolute Gasteiger partial charge is 0.450 e. The van der Waals surface area contributed by atoms with Gasteiger partial charge in [0, 0.05) is 0 Å². The first kappa shape index (κ1) is 18.4. The van der Waals surface area contributed by atoms with E-state index in [1.54, 1.807) is 19.1 Å². The molecule has 0 unspecified atom stereocenters. The second-order valence-corrected chi connectivity index (χ2v) is 5.14. The van der Waals surface area contributed by atoms with Crippen molar-refractivity contribution in [3.63, 3.8) is 0 Å². The molecule has 114 valence electrons. The van der Waals surface area contributed by atoms with Crippen LogP contribution >= 0.6 is 0 Å². The van der Waals surface area contributed by atoms with Crippen molar-refractivity contribution in [2.24, 2.45) is 5.92 Å². The summed E-state index contributed by atoms with van der Waals surface area (Å²) in [6.07, 6.45) is 0.654. The summed E-state index contributed by atoms with van der Waals surface area (Å²) in [6, 6.07) is 0. The zero-order valence-corrected chi connectivity index (χ0v) is 12.0. The van der Waals surface area contributed by atoms with Crippen molar-refractivity contribution in [2.75, 3.05) is 0 Å². The number of esters is 1. The Balaban J connectivity index is 5.06. The molecular weight excluding hydrogens is 273 g/mol. The van der Waals surface area contributed by atoms with Gasteiger partial charge < -0.3 is 4.74 Å². The molecule has 0 aliphatic heterocycles. The molecule has 0 fully saturated rings. The van der Waals surface area contributed by atoms with Crippen LogP contribution in [-0.2, 0) is 14.3 Å². The Labute approximate surface area is 116 Å². The number of hydrogen-bond donors (Lipinski definition) is 0. The molecule has 6 heteroatoms. The largest absolute Gasteiger partial charge is 0.459 e. The molecule has 0 bridgehead atoms. The zero-order chi connectivity index (χ0) is 16.0. The van der Waals surface area contributed by atoms with E-state index in [-0.39, 0.29) is 6.42 Å². The van der Waals surface area contributed by atoms with Crippen LogP contribution in [0.1, 0.15) is 34.1 Å². The summed E-state index contributed by atoms with van der Waals surface area (Å²) in [4.78, 5) is 23.0. The summed E-state index contributed by atoms with van der Waals surface area (Å²) in [5, 5.41) is 0. The van der Waals surface area contributed by atoms with E-state index in [0.29, 0.717) is 0 Å². The van der Waals surface area contributed by atoms with Crippen molar-refractivity contribution < 1.29 is 27.5 Å². The van der Waals surface area contributed by atoms with Crippen LogP contribution in [0.3, 0.4) is 0 Å². The number of carbonyl (C=O) groups excluding carboxylic acids is 2. The molecule has 0 saturated heterocycles. The average Bonchev–Trinajstić information content (AvgIpc) is 2.24. The predicted octanol–water partition coefficient (Wildman–Crippen LogP) is 3.60. The topological polar surface area (TPSA) is 43.4 Å². The molecule has 0 radical (unpaired) electrons. The monoisotopic (exact) mass is 292 g/mol. The normalized spacial score (nSPS) is 14.8. The molecule has 0 aromatic carbocycles. The summed E-state index contributed by atoms with van der Waals surface area (Å²) >= 11 is 0. The molecular formula is C14H19F3O3. The number of Topliss-reactive ketones (excluding diaryl/α,β-unsaturated/α-hetero) is 1. The van der Waals surface area contributed by atoms with Crippen LogP contribution in [0.25, 0.3) is 0 Å². The Morgan fingerprint density at radius 2 is 1.70 bits per heavy atom. The summed E-state index contributed by atoms with van der Waals surface area (Å²) in [5.41, 5.74) is -0.950. The highest BCUT2D eigenvalue weighted by molar-refractivity contribution is 6.02. The Morgan fingerprint density at radius 3 is 2.10 bits per heavy atom. The summed E-state index contributed by atoms with van der Waals surface area (Å²) in [5.74, 6) is -5.11. The molecule has 20 heavy (non-hydrogen) atoms. The maximum Gasteiger partial charge on any atom is 0.450 e. The van der Waals surface area contributed by atoms with Gasteiger partial charge in [0.05, 0.1) is 0 Å². The van der Waals surface area contributed by atoms with Gasteiger partial charge in [0.2, 0.25) is 0 Å². The van der Waals surface area contributed by atoms with E-state index < -0.39 is 29.4 Å². The molecule has 0 N–H and O–H groups in total. The molecule has 0 aromatic rings. The summed E-state index contributed by atoms with van der Waals surface area (Å²) in [7, 11) is 0. The molecule has 0 amide bonds. The lowest BCUT2D eigenvalue weighted by Crippen LogP contribution is -2.38. The lowest BCUT2D eigenvalue weighted by molar-refractivity contribution is -0.183. The first-order valence-corrected chi connectivity index (χ1v) is 6.10. The van der Waals surface area contributed by atoms with Crippen LogP contribution < -0.4 is 0 Å². The highest BCUT2D eigenvalue weighted by atomic mass is 19.4. The molecule has 0 aliphatic rings. The third-order valence-electron chi connectivity index (χ3n) is 2.10. The lowest BCUT2D eigenvalue weighted by Gasteiger charge is -2.23. The standard InChI is InChI=1S/C14H19F3O3/c1-5-6-7-8-9-10(11(18)14(15,16)17)12(19)20-13(2,3)4/h5-8,10H,9H2,1-4H3/b6-5+,8-7+/t10-/m1/s1. The fourth-order valence-corrected chi connectivity index (χ4v) is 1.29. The van der Waals surface area contributed by atoms with Gasteiger partial charge in [-0.1, -0.05) is 24.3 Å². The van der Waals surface area contributed by atoms with Gasteiger partial charge in [0.1, 0.15) is 11.5 Å². The van der Waals surface area contributed by atoms with Crippen LogP contribution in [0.4, 0.5) is 13.2 Å². The summed E-state index contributed by atoms with van der Waals surface area (Å²) in [6.45, 7) is 6.30. The van der Waals surface area contributed by atoms with E-state index in [2.05, 4.69) is 0 Å². The van der Waals surface area contributed by atoms with Crippen molar-refractivity contribution in [3.8, 4) is 0 Å². The Kier molecular flexibility index (Phi) is 6.68. The van der Waals surface area contributed by atoms with Gasteiger partial charge >= 0.3 is 12.1 Å². The molecule has 0 saturated carbocycles. The van der Waals surface area contributed by atoms with E-state index in [1.165, 1.54) is 32.9 Å². The van der Waals surface area contributed by atoms with Gasteiger partial charge in [0.15, 0.2) is 0 Å². The van der Waals surface area contributed by atoms with Crippen LogP contribution in [-0.4, -0.2) is 23.5 Å². The first-order chi connectivity index (χ1) is 8.99. The maximum atomic E-state index is 12.5. The Bertz CT molecular complexity index is 401. The molecule has 0 spiro atoms. The number of alkyl halides is 3. The number of ketones is 1. The molecule has 0 rings (SSSR count). The zero-order valence-electron chi connectivity index (χ0n) is 12.0. The van der Waals surface area contributed by atoms with Crippen LogP contribution in [0, 0.1) is 5.92 Å². The minimum atomic E-state index is -5.06. The van der Waals surface area contributed by atoms with Gasteiger partial charge in [-0.15, -0.1) is 0 Å². The minimum absolute atomic E-state index is 0.350. The second-order valence-electron chi connectivity index (χ2n) is 5.14. The molecule has 1 atom stereocenters. The number of carbonyl (C=O) groups is 2. The van der Waals surface area contributed by atoms with Crippen molar-refractivity contribution in [1.29, 1.82) is 0 Å². The van der Waals surface area contributed by atoms with Crippen molar-refractivity contribution in [2.45, 2.75) is 45.9 Å². The van der Waals surface area contributed by atoms with Crippen molar-refractivity contribution in [1.82, 2.24) is 0 Å². The predicted molar refractivity (Wildman–Crippen MR) is 69.0 cm³/mol. The second kappa shape index (κ2) is 7.26. The van der Waals surface area contributed by atoms with E-state index >= 15 is 0 Å². The van der Waals surface area contributed by atoms with Gasteiger partial charge in [-0.2, -0.15) is 13.2 Å².